The molecule has 0 aromatic rings. The zero-order valence-corrected chi connectivity index (χ0v) is 7.16. The Morgan fingerprint density at radius 2 is 2.27 bits per heavy atom. The normalized spacial score (nSPS) is 9.45. The fourth-order valence-electron chi connectivity index (χ4n) is 0.464. The Kier molecular flexibility index (Phi) is 5.11. The summed E-state index contributed by atoms with van der Waals surface area (Å²) in [5.41, 5.74) is 6.12. The smallest absolute Gasteiger partial charge is 0.163 e. The van der Waals surface area contributed by atoms with Gasteiger partial charge in [-0.2, -0.15) is 0 Å². The summed E-state index contributed by atoms with van der Waals surface area (Å²) >= 11 is 4.61. The molecule has 0 amide bonds. The largest absolute Gasteiger partial charge is 0.376 e. The second-order valence-corrected chi connectivity index (χ2v) is 2.41. The molecule has 3 N–H and O–H groups in total. The van der Waals surface area contributed by atoms with E-state index in [0.29, 0.717) is 6.54 Å². The van der Waals surface area contributed by atoms with E-state index >= 15 is 0 Å². The molecule has 0 rings (SSSR count). The van der Waals surface area contributed by atoms with E-state index in [1.807, 2.05) is 12.2 Å². The summed E-state index contributed by atoms with van der Waals surface area (Å²) in [6.07, 6.45) is 5.34. The predicted molar refractivity (Wildman–Crippen MR) is 53.3 cm³/mol. The van der Waals surface area contributed by atoms with Gasteiger partial charge in [-0.25, -0.2) is 0 Å². The number of hydrogen-bond donors (Lipinski definition) is 2. The molecule has 0 atom stereocenters. The Labute approximate surface area is 72.5 Å². The fourth-order valence-corrected chi connectivity index (χ4v) is 0.536. The third-order valence-corrected chi connectivity index (χ3v) is 1.10. The van der Waals surface area contributed by atoms with Crippen molar-refractivity contribution >= 4 is 17.3 Å². The molecule has 0 heterocycles. The van der Waals surface area contributed by atoms with Crippen molar-refractivity contribution in [2.45, 2.75) is 0 Å². The molecular formula is C8H12N2S. The lowest BCUT2D eigenvalue weighted by Crippen LogP contribution is -2.30. The van der Waals surface area contributed by atoms with Gasteiger partial charge in [-0.1, -0.05) is 31.4 Å². The van der Waals surface area contributed by atoms with Gasteiger partial charge in [0.2, 0.25) is 0 Å². The summed E-state index contributed by atoms with van der Waals surface area (Å²) in [4.78, 5) is 0. The summed E-state index contributed by atoms with van der Waals surface area (Å²) < 4.78 is 0. The molecule has 0 aliphatic carbocycles. The van der Waals surface area contributed by atoms with Crippen LogP contribution in [0.4, 0.5) is 0 Å². The first kappa shape index (κ1) is 9.91. The van der Waals surface area contributed by atoms with Crippen LogP contribution in [0.1, 0.15) is 0 Å². The minimum absolute atomic E-state index is 0.290. The van der Waals surface area contributed by atoms with Crippen LogP contribution in [0, 0.1) is 0 Å². The van der Waals surface area contributed by atoms with Crippen LogP contribution >= 0.6 is 12.2 Å². The Balaban J connectivity index is 3.61. The van der Waals surface area contributed by atoms with Gasteiger partial charge in [0.1, 0.15) is 0 Å². The first-order chi connectivity index (χ1) is 5.16. The van der Waals surface area contributed by atoms with Crippen molar-refractivity contribution in [3.8, 4) is 0 Å². The van der Waals surface area contributed by atoms with E-state index in [9.17, 15) is 0 Å². The molecule has 0 radical (unpaired) electrons. The molecule has 0 aliphatic heterocycles. The maximum Gasteiger partial charge on any atom is 0.163 e. The zero-order valence-electron chi connectivity index (χ0n) is 6.34. The van der Waals surface area contributed by atoms with E-state index in [4.69, 9.17) is 5.73 Å². The van der Waals surface area contributed by atoms with E-state index in [1.165, 1.54) is 0 Å². The third kappa shape index (κ3) is 6.80. The van der Waals surface area contributed by atoms with Crippen molar-refractivity contribution in [3.05, 3.63) is 37.0 Å². The van der Waals surface area contributed by atoms with Gasteiger partial charge < -0.3 is 11.1 Å². The first-order valence-electron chi connectivity index (χ1n) is 3.17. The summed E-state index contributed by atoms with van der Waals surface area (Å²) in [5.74, 6) is 0. The van der Waals surface area contributed by atoms with Gasteiger partial charge in [-0.05, 0) is 17.8 Å². The van der Waals surface area contributed by atoms with E-state index < -0.39 is 0 Å². The highest BCUT2D eigenvalue weighted by molar-refractivity contribution is 7.80. The summed E-state index contributed by atoms with van der Waals surface area (Å²) in [6, 6.07) is 0. The summed E-state index contributed by atoms with van der Waals surface area (Å²) in [7, 11) is 0. The third-order valence-electron chi connectivity index (χ3n) is 0.958. The van der Waals surface area contributed by atoms with Crippen LogP contribution in [0.5, 0.6) is 0 Å². The molecule has 0 aliphatic rings. The molecule has 0 bridgehead atoms. The Morgan fingerprint density at radius 1 is 1.64 bits per heavy atom. The van der Waals surface area contributed by atoms with Crippen molar-refractivity contribution in [1.29, 1.82) is 0 Å². The molecule has 60 valence electrons. The Bertz CT molecular complexity index is 194. The molecular weight excluding hydrogens is 156 g/mol. The summed E-state index contributed by atoms with van der Waals surface area (Å²) in [6.45, 7) is 7.86. The van der Waals surface area contributed by atoms with Crippen LogP contribution < -0.4 is 11.1 Å². The number of nitrogens with two attached hydrogens (primary N) is 1. The van der Waals surface area contributed by atoms with Crippen molar-refractivity contribution in [2.24, 2.45) is 5.73 Å². The predicted octanol–water partition coefficient (Wildman–Crippen LogP) is 1.12. The number of nitrogens with one attached hydrogen (secondary N) is 1. The lowest BCUT2D eigenvalue weighted by molar-refractivity contribution is 1.02. The quantitative estimate of drug-likeness (QED) is 0.488. The monoisotopic (exact) mass is 168 g/mol. The van der Waals surface area contributed by atoms with Crippen LogP contribution in [-0.4, -0.2) is 11.7 Å². The van der Waals surface area contributed by atoms with Gasteiger partial charge in [0, 0.05) is 6.54 Å². The van der Waals surface area contributed by atoms with Crippen LogP contribution in [0.2, 0.25) is 0 Å². The molecule has 0 spiro atoms. The molecule has 2 nitrogen and oxygen atoms in total. The number of allylic oxidation sites excluding steroid dienone is 2. The highest BCUT2D eigenvalue weighted by Gasteiger charge is 1.87. The molecule has 11 heavy (non-hydrogen) atoms. The van der Waals surface area contributed by atoms with Gasteiger partial charge in [0.25, 0.3) is 0 Å². The average Bonchev–Trinajstić information content (AvgIpc) is 1.97. The zero-order chi connectivity index (χ0) is 8.69. The second-order valence-electron chi connectivity index (χ2n) is 1.97. The Morgan fingerprint density at radius 3 is 2.73 bits per heavy atom. The van der Waals surface area contributed by atoms with Crippen molar-refractivity contribution in [3.63, 3.8) is 0 Å². The number of thiocarbonyl (C=S) groups is 1. The van der Waals surface area contributed by atoms with Crippen LogP contribution in [0.15, 0.2) is 37.0 Å². The molecule has 0 fully saturated rings. The van der Waals surface area contributed by atoms with Crippen molar-refractivity contribution in [2.75, 3.05) is 6.54 Å². The van der Waals surface area contributed by atoms with E-state index in [0.717, 1.165) is 5.57 Å². The van der Waals surface area contributed by atoms with Gasteiger partial charge in [-0.3, -0.25) is 0 Å². The number of rotatable bonds is 4. The molecule has 0 saturated carbocycles. The molecule has 0 aromatic carbocycles. The molecule has 0 saturated heterocycles. The SMILES string of the molecule is C=C/C=C\C(=C)CNC(N)=S. The number of hydrogen-bond acceptors (Lipinski definition) is 1. The van der Waals surface area contributed by atoms with Crippen LogP contribution in [0.25, 0.3) is 0 Å². The van der Waals surface area contributed by atoms with Gasteiger partial charge in [0.05, 0.1) is 0 Å². The molecule has 0 unspecified atom stereocenters. The molecule has 3 heteroatoms. The van der Waals surface area contributed by atoms with Crippen molar-refractivity contribution < 1.29 is 0 Å². The first-order valence-corrected chi connectivity index (χ1v) is 3.58. The maximum absolute atomic E-state index is 5.20. The van der Waals surface area contributed by atoms with E-state index in [1.54, 1.807) is 6.08 Å². The van der Waals surface area contributed by atoms with E-state index in [-0.39, 0.29) is 5.11 Å². The minimum Gasteiger partial charge on any atom is -0.376 e. The average molecular weight is 168 g/mol. The Hall–Kier alpha value is -1.09. The second kappa shape index (κ2) is 5.68. The topological polar surface area (TPSA) is 38.0 Å². The lowest BCUT2D eigenvalue weighted by Gasteiger charge is -2.01. The van der Waals surface area contributed by atoms with Crippen LogP contribution in [-0.2, 0) is 0 Å². The summed E-state index contributed by atoms with van der Waals surface area (Å²) in [5, 5.41) is 3.07. The van der Waals surface area contributed by atoms with Crippen molar-refractivity contribution in [1.82, 2.24) is 5.32 Å². The highest BCUT2D eigenvalue weighted by Crippen LogP contribution is 1.89. The van der Waals surface area contributed by atoms with Gasteiger partial charge in [-0.15, -0.1) is 0 Å². The van der Waals surface area contributed by atoms with Gasteiger partial charge >= 0.3 is 0 Å². The van der Waals surface area contributed by atoms with E-state index in [2.05, 4.69) is 30.7 Å². The lowest BCUT2D eigenvalue weighted by atomic mass is 10.3. The standard InChI is InChI=1S/C8H12N2S/c1-3-4-5-7(2)6-10-8(9)11/h3-5H,1-2,6H2,(H3,9,10,11)/b5-4-. The van der Waals surface area contributed by atoms with Gasteiger partial charge in [0.15, 0.2) is 5.11 Å². The molecule has 0 aromatic heterocycles. The minimum atomic E-state index is 0.290. The maximum atomic E-state index is 5.20. The fraction of sp³-hybridized carbons (Fsp3) is 0.125. The van der Waals surface area contributed by atoms with Crippen LogP contribution in [0.3, 0.4) is 0 Å². The highest BCUT2D eigenvalue weighted by atomic mass is 32.1.